The molecule has 3 aromatic heterocycles. The van der Waals surface area contributed by atoms with Gasteiger partial charge in [-0.3, -0.25) is 9.97 Å². The summed E-state index contributed by atoms with van der Waals surface area (Å²) in [6.45, 7) is 20.0. The van der Waals surface area contributed by atoms with Gasteiger partial charge in [-0.25, -0.2) is 4.98 Å². The molecule has 0 atom stereocenters. The normalized spacial score (nSPS) is 13.0. The van der Waals surface area contributed by atoms with Gasteiger partial charge in [0.15, 0.2) is 0 Å². The summed E-state index contributed by atoms with van der Waals surface area (Å²) in [6, 6.07) is 12.9. The maximum absolute atomic E-state index is 10.7. The van der Waals surface area contributed by atoms with E-state index < -0.39 is 7.81 Å². The van der Waals surface area contributed by atoms with E-state index in [1.807, 2.05) is 12.4 Å². The Labute approximate surface area is 266 Å². The van der Waals surface area contributed by atoms with Crippen molar-refractivity contribution in [1.82, 2.24) is 15.0 Å². The second-order valence-electron chi connectivity index (χ2n) is 12.3. The Bertz CT molecular complexity index is 1290. The molecule has 1 N–H and O–H groups in total. The fraction of sp³-hybridized carbons (Fsp3) is 0.448. The van der Waals surface area contributed by atoms with Gasteiger partial charge in [0.05, 0.1) is 22.8 Å². The van der Waals surface area contributed by atoms with Gasteiger partial charge in [0, 0.05) is 19.5 Å². The first kappa shape index (κ1) is 42.9. The predicted octanol–water partition coefficient (Wildman–Crippen LogP) is 10.7. The zero-order valence-electron chi connectivity index (χ0n) is 25.8. The maximum Gasteiger partial charge on any atom is 2.00 e. The third-order valence-electron chi connectivity index (χ3n) is 5.47. The van der Waals surface area contributed by atoms with Crippen LogP contribution in [-0.2, 0) is 33.3 Å². The molecule has 3 rings (SSSR count). The summed E-state index contributed by atoms with van der Waals surface area (Å²) < 4.78 is 59.2. The fourth-order valence-corrected chi connectivity index (χ4v) is 3.30. The molecule has 0 saturated heterocycles. The Morgan fingerprint density at radius 2 is 0.860 bits per heavy atom. The van der Waals surface area contributed by atoms with Crippen LogP contribution in [-0.4, -0.2) is 32.3 Å². The molecule has 43 heavy (non-hydrogen) atoms. The number of aliphatic hydroxyl groups is 1. The van der Waals surface area contributed by atoms with Crippen molar-refractivity contribution in [1.29, 1.82) is 0 Å². The van der Waals surface area contributed by atoms with Gasteiger partial charge in [-0.2, -0.15) is 5.16 Å². The van der Waals surface area contributed by atoms with Crippen molar-refractivity contribution in [3.05, 3.63) is 70.9 Å². The molecule has 0 fully saturated rings. The number of pyridine rings is 3. The average molecular weight is 700 g/mol. The van der Waals surface area contributed by atoms with Crippen LogP contribution < -0.4 is 0 Å². The van der Waals surface area contributed by atoms with E-state index in [-0.39, 0.29) is 33.3 Å². The predicted molar refractivity (Wildman–Crippen MR) is 164 cm³/mol. The maximum atomic E-state index is 9.87. The molecule has 0 spiro atoms. The molecule has 5 nitrogen and oxygen atoms in total. The molecule has 0 aliphatic carbocycles. The third-order valence-corrected chi connectivity index (χ3v) is 5.47. The third kappa shape index (κ3) is 18.2. The summed E-state index contributed by atoms with van der Waals surface area (Å²) in [5, 5.41) is 15.5. The van der Waals surface area contributed by atoms with E-state index in [9.17, 15) is 25.2 Å². The van der Waals surface area contributed by atoms with Crippen LogP contribution in [0, 0.1) is 0 Å². The van der Waals surface area contributed by atoms with E-state index in [1.165, 1.54) is 21.9 Å². The SMILES string of the molecule is CC(C)(C)c1ccnc(-c2cc(C(C)(C)C)cc(-c3cc(C(C)(C)C)ccn3)n2)c1.CO.F[P-](F)(F)(F)(F)F.[Cu+2].[N-]=C=S. The standard InChI is InChI=1S/C27H35N3.CNS.CH4O.Cu.F6P/c1-25(2,3)18-10-12-28-21(14-18)23-16-20(27(7,8)9)17-24(30-23)22-15-19(11-13-29-22)26(4,5)6;2-1-3;1-2;;1-7(2,3,4,5)6/h10-17H,1-9H3;;2H,1H3;;/q;-1;;+2;-1. The number of hydrogen-bond donors (Lipinski definition) is 1. The van der Waals surface area contributed by atoms with Crippen molar-refractivity contribution >= 4 is 25.2 Å². The van der Waals surface area contributed by atoms with E-state index in [1.54, 1.807) is 0 Å². The van der Waals surface area contributed by atoms with Crippen molar-refractivity contribution in [3.8, 4) is 22.8 Å². The van der Waals surface area contributed by atoms with Gasteiger partial charge in [-0.1, -0.05) is 74.5 Å². The van der Waals surface area contributed by atoms with E-state index in [0.717, 1.165) is 29.9 Å². The Kier molecular flexibility index (Phi) is 14.6. The van der Waals surface area contributed by atoms with E-state index in [2.05, 4.69) is 121 Å². The van der Waals surface area contributed by atoms with Crippen LogP contribution in [0.25, 0.3) is 28.2 Å². The molecule has 0 aliphatic heterocycles. The first-order chi connectivity index (χ1) is 18.6. The van der Waals surface area contributed by atoms with Crippen molar-refractivity contribution in [3.63, 3.8) is 0 Å². The number of isothiocyanates is 1. The van der Waals surface area contributed by atoms with Gasteiger partial charge in [0.2, 0.25) is 0 Å². The van der Waals surface area contributed by atoms with Crippen LogP contribution in [0.3, 0.4) is 0 Å². The van der Waals surface area contributed by atoms with Gasteiger partial charge < -0.3 is 10.5 Å². The number of thiocarbonyl (C=S) groups is 1. The molecule has 0 amide bonds. The molecule has 14 heteroatoms. The molecule has 0 unspecified atom stereocenters. The number of rotatable bonds is 2. The smallest absolute Gasteiger partial charge is 0.753 e. The number of aliphatic hydroxyl groups excluding tert-OH is 1. The van der Waals surface area contributed by atoms with Crippen LogP contribution >= 0.6 is 20.0 Å². The second kappa shape index (κ2) is 14.7. The minimum absolute atomic E-state index is 0. The summed E-state index contributed by atoms with van der Waals surface area (Å²) in [4.78, 5) is 14.3. The molecular formula is C29H39CuF6N4OPS. The van der Waals surface area contributed by atoms with E-state index >= 15 is 0 Å². The van der Waals surface area contributed by atoms with Gasteiger partial charge in [-0.15, -0.1) is 0 Å². The van der Waals surface area contributed by atoms with Gasteiger partial charge >= 0.3 is 50.1 Å². The van der Waals surface area contributed by atoms with E-state index in [0.29, 0.717) is 0 Å². The van der Waals surface area contributed by atoms with Crippen LogP contribution in [0.5, 0.6) is 0 Å². The molecule has 0 saturated carbocycles. The molecular weight excluding hydrogens is 661 g/mol. The van der Waals surface area contributed by atoms with Gasteiger partial charge in [0.1, 0.15) is 0 Å². The van der Waals surface area contributed by atoms with Crippen molar-refractivity contribution in [2.45, 2.75) is 78.6 Å². The number of aromatic nitrogens is 3. The van der Waals surface area contributed by atoms with Crippen molar-refractivity contribution in [2.75, 3.05) is 7.11 Å². The number of nitrogens with zero attached hydrogens (tertiary/aromatic N) is 4. The summed E-state index contributed by atoms with van der Waals surface area (Å²) >= 11 is 3.70. The van der Waals surface area contributed by atoms with Crippen LogP contribution in [0.4, 0.5) is 25.2 Å². The molecule has 0 bridgehead atoms. The minimum Gasteiger partial charge on any atom is -0.753 e. The molecule has 245 valence electrons. The van der Waals surface area contributed by atoms with Crippen LogP contribution in [0.15, 0.2) is 48.8 Å². The summed E-state index contributed by atoms with van der Waals surface area (Å²) in [5.74, 6) is 0. The Morgan fingerprint density at radius 1 is 0.628 bits per heavy atom. The quantitative estimate of drug-likeness (QED) is 0.0947. The first-order valence-electron chi connectivity index (χ1n) is 12.6. The molecule has 0 aliphatic rings. The van der Waals surface area contributed by atoms with Gasteiger partial charge in [0.25, 0.3) is 0 Å². The van der Waals surface area contributed by atoms with Crippen LogP contribution in [0.1, 0.15) is 79.0 Å². The Balaban J connectivity index is 0. The Hall–Kier alpha value is -2.26. The molecule has 1 radical (unpaired) electrons. The monoisotopic (exact) mass is 699 g/mol. The molecule has 0 aromatic carbocycles. The van der Waals surface area contributed by atoms with Crippen molar-refractivity contribution < 1.29 is 47.4 Å². The van der Waals surface area contributed by atoms with Crippen molar-refractivity contribution in [2.24, 2.45) is 0 Å². The average Bonchev–Trinajstić information content (AvgIpc) is 2.82. The minimum atomic E-state index is -10.7. The summed E-state index contributed by atoms with van der Waals surface area (Å²) in [5.41, 5.74) is 7.45. The zero-order chi connectivity index (χ0) is 33.4. The zero-order valence-corrected chi connectivity index (χ0v) is 28.4. The second-order valence-corrected chi connectivity index (χ2v) is 14.4. The Morgan fingerprint density at radius 3 is 1.09 bits per heavy atom. The summed E-state index contributed by atoms with van der Waals surface area (Å²) in [6.07, 6.45) is 3.78. The number of hydrogen-bond acceptors (Lipinski definition) is 5. The first-order valence-corrected chi connectivity index (χ1v) is 15.0. The molecule has 3 heterocycles. The number of halogens is 6. The largest absolute Gasteiger partial charge is 2.00 e. The molecule has 3 aromatic rings. The van der Waals surface area contributed by atoms with E-state index in [4.69, 9.17) is 15.5 Å². The topological polar surface area (TPSA) is 81.2 Å². The fourth-order valence-electron chi connectivity index (χ4n) is 3.30. The van der Waals surface area contributed by atoms with Gasteiger partial charge in [-0.05, 0) is 69.3 Å². The van der Waals surface area contributed by atoms with Crippen LogP contribution in [0.2, 0.25) is 0 Å². The summed E-state index contributed by atoms with van der Waals surface area (Å²) in [7, 11) is -9.66.